The van der Waals surface area contributed by atoms with Gasteiger partial charge in [-0.2, -0.15) is 12.7 Å². The number of carbonyl (C=O) groups is 1. The van der Waals surface area contributed by atoms with E-state index in [0.29, 0.717) is 18.7 Å². The van der Waals surface area contributed by atoms with Crippen LogP contribution in [-0.2, 0) is 30.2 Å². The number of nitrogens with one attached hydrogen (secondary N) is 1. The zero-order valence-electron chi connectivity index (χ0n) is 12.2. The second-order valence-corrected chi connectivity index (χ2v) is 6.96. The molecular formula is C15H17N3O3S. The molecule has 22 heavy (non-hydrogen) atoms. The SMILES string of the molecule is Cn1cccc1C(=O)NS(=O)(=O)N1CCc2ccccc2C1. The fraction of sp³-hybridized carbons (Fsp3) is 0.267. The minimum absolute atomic E-state index is 0.284. The van der Waals surface area contributed by atoms with Gasteiger partial charge in [-0.15, -0.1) is 0 Å². The Morgan fingerprint density at radius 2 is 1.86 bits per heavy atom. The van der Waals surface area contributed by atoms with Crippen molar-refractivity contribution in [1.82, 2.24) is 13.6 Å². The Kier molecular flexibility index (Phi) is 3.76. The van der Waals surface area contributed by atoms with E-state index in [1.807, 2.05) is 24.3 Å². The lowest BCUT2D eigenvalue weighted by Gasteiger charge is -2.27. The van der Waals surface area contributed by atoms with Crippen LogP contribution in [0.1, 0.15) is 21.6 Å². The van der Waals surface area contributed by atoms with Crippen LogP contribution in [-0.4, -0.2) is 29.7 Å². The first kappa shape index (κ1) is 14.8. The third-order valence-corrected chi connectivity index (χ3v) is 5.27. The van der Waals surface area contributed by atoms with Crippen molar-refractivity contribution in [2.45, 2.75) is 13.0 Å². The Labute approximate surface area is 129 Å². The lowest BCUT2D eigenvalue weighted by atomic mass is 10.0. The highest BCUT2D eigenvalue weighted by Crippen LogP contribution is 2.20. The van der Waals surface area contributed by atoms with Crippen LogP contribution in [0.2, 0.25) is 0 Å². The average Bonchev–Trinajstić information content (AvgIpc) is 2.92. The van der Waals surface area contributed by atoms with Crippen molar-refractivity contribution in [3.8, 4) is 0 Å². The maximum absolute atomic E-state index is 12.4. The predicted molar refractivity (Wildman–Crippen MR) is 82.4 cm³/mol. The van der Waals surface area contributed by atoms with Crippen LogP contribution in [0.15, 0.2) is 42.6 Å². The van der Waals surface area contributed by atoms with Gasteiger partial charge in [0, 0.05) is 26.3 Å². The lowest BCUT2D eigenvalue weighted by Crippen LogP contribution is -2.45. The van der Waals surface area contributed by atoms with E-state index in [4.69, 9.17) is 0 Å². The van der Waals surface area contributed by atoms with E-state index >= 15 is 0 Å². The van der Waals surface area contributed by atoms with Crippen LogP contribution in [0.25, 0.3) is 0 Å². The quantitative estimate of drug-likeness (QED) is 0.919. The Morgan fingerprint density at radius 1 is 1.14 bits per heavy atom. The third-order valence-electron chi connectivity index (χ3n) is 3.83. The molecule has 1 amide bonds. The summed E-state index contributed by atoms with van der Waals surface area (Å²) in [5, 5.41) is 0. The first-order valence-corrected chi connectivity index (χ1v) is 8.42. The molecule has 0 saturated heterocycles. The van der Waals surface area contributed by atoms with Gasteiger partial charge in [-0.1, -0.05) is 24.3 Å². The van der Waals surface area contributed by atoms with E-state index in [1.54, 1.807) is 29.9 Å². The molecule has 0 fully saturated rings. The van der Waals surface area contributed by atoms with Gasteiger partial charge in [-0.05, 0) is 29.7 Å². The summed E-state index contributed by atoms with van der Waals surface area (Å²) in [6.45, 7) is 0.651. The number of benzene rings is 1. The molecule has 0 radical (unpaired) electrons. The number of hydrogen-bond donors (Lipinski definition) is 1. The van der Waals surface area contributed by atoms with Crippen molar-refractivity contribution in [2.75, 3.05) is 6.54 Å². The Balaban J connectivity index is 1.77. The maximum atomic E-state index is 12.4. The molecule has 0 saturated carbocycles. The highest BCUT2D eigenvalue weighted by atomic mass is 32.2. The van der Waals surface area contributed by atoms with E-state index in [2.05, 4.69) is 4.72 Å². The first-order chi connectivity index (χ1) is 10.5. The van der Waals surface area contributed by atoms with Crippen molar-refractivity contribution in [3.05, 3.63) is 59.4 Å². The zero-order valence-corrected chi connectivity index (χ0v) is 13.0. The molecule has 1 aromatic carbocycles. The summed E-state index contributed by atoms with van der Waals surface area (Å²) in [7, 11) is -2.15. The molecule has 2 heterocycles. The van der Waals surface area contributed by atoms with Gasteiger partial charge in [0.25, 0.3) is 5.91 Å². The molecule has 116 valence electrons. The van der Waals surface area contributed by atoms with Crippen molar-refractivity contribution in [2.24, 2.45) is 7.05 Å². The molecule has 1 aliphatic rings. The van der Waals surface area contributed by atoms with Gasteiger partial charge in [0.15, 0.2) is 0 Å². The topological polar surface area (TPSA) is 71.4 Å². The van der Waals surface area contributed by atoms with Gasteiger partial charge in [0.05, 0.1) is 0 Å². The van der Waals surface area contributed by atoms with E-state index < -0.39 is 16.1 Å². The number of rotatable bonds is 3. The number of amides is 1. The van der Waals surface area contributed by atoms with Gasteiger partial charge in [0.1, 0.15) is 5.69 Å². The largest absolute Gasteiger partial charge is 0.347 e. The minimum Gasteiger partial charge on any atom is -0.347 e. The fourth-order valence-corrected chi connectivity index (χ4v) is 3.71. The highest BCUT2D eigenvalue weighted by Gasteiger charge is 2.28. The molecule has 1 aliphatic heterocycles. The summed E-state index contributed by atoms with van der Waals surface area (Å²) in [6.07, 6.45) is 2.34. The van der Waals surface area contributed by atoms with Gasteiger partial charge in [-0.3, -0.25) is 4.79 Å². The van der Waals surface area contributed by atoms with Gasteiger partial charge >= 0.3 is 10.2 Å². The number of carbonyl (C=O) groups excluding carboxylic acids is 1. The summed E-state index contributed by atoms with van der Waals surface area (Å²) in [4.78, 5) is 12.1. The fourth-order valence-electron chi connectivity index (χ4n) is 2.61. The maximum Gasteiger partial charge on any atom is 0.304 e. The van der Waals surface area contributed by atoms with E-state index in [-0.39, 0.29) is 6.54 Å². The third kappa shape index (κ3) is 2.77. The summed E-state index contributed by atoms with van der Waals surface area (Å²) >= 11 is 0. The van der Waals surface area contributed by atoms with Crippen LogP contribution in [0.5, 0.6) is 0 Å². The zero-order chi connectivity index (χ0) is 15.7. The molecule has 3 rings (SSSR count). The molecule has 7 heteroatoms. The molecule has 2 aromatic rings. The van der Waals surface area contributed by atoms with Crippen molar-refractivity contribution >= 4 is 16.1 Å². The van der Waals surface area contributed by atoms with Crippen molar-refractivity contribution in [3.63, 3.8) is 0 Å². The van der Waals surface area contributed by atoms with Crippen LogP contribution < -0.4 is 4.72 Å². The Morgan fingerprint density at radius 3 is 2.55 bits per heavy atom. The van der Waals surface area contributed by atoms with E-state index in [0.717, 1.165) is 11.1 Å². The van der Waals surface area contributed by atoms with Crippen molar-refractivity contribution in [1.29, 1.82) is 0 Å². The monoisotopic (exact) mass is 319 g/mol. The predicted octanol–water partition coefficient (Wildman–Crippen LogP) is 1.06. The van der Waals surface area contributed by atoms with E-state index in [1.165, 1.54) is 4.31 Å². The summed E-state index contributed by atoms with van der Waals surface area (Å²) in [6, 6.07) is 11.0. The van der Waals surface area contributed by atoms with Crippen molar-refractivity contribution < 1.29 is 13.2 Å². The standard InChI is InChI=1S/C15H17N3O3S/c1-17-9-4-7-14(17)15(19)16-22(20,21)18-10-8-12-5-2-3-6-13(12)11-18/h2-7,9H,8,10-11H2,1H3,(H,16,19). The molecular weight excluding hydrogens is 302 g/mol. The van der Waals surface area contributed by atoms with Crippen LogP contribution in [0.4, 0.5) is 0 Å². The molecule has 6 nitrogen and oxygen atoms in total. The summed E-state index contributed by atoms with van der Waals surface area (Å²) < 4.78 is 29.8. The molecule has 1 aromatic heterocycles. The average molecular weight is 319 g/mol. The molecule has 0 aliphatic carbocycles. The Bertz CT molecular complexity index is 811. The summed E-state index contributed by atoms with van der Waals surface area (Å²) in [5.74, 6) is -0.619. The second kappa shape index (κ2) is 5.58. The smallest absolute Gasteiger partial charge is 0.304 e. The number of fused-ring (bicyclic) bond motifs is 1. The molecule has 0 atom stereocenters. The number of hydrogen-bond acceptors (Lipinski definition) is 3. The molecule has 1 N–H and O–H groups in total. The van der Waals surface area contributed by atoms with Gasteiger partial charge in [-0.25, -0.2) is 4.72 Å². The molecule has 0 bridgehead atoms. The normalized spacial score (nSPS) is 15.3. The molecule has 0 spiro atoms. The lowest BCUT2D eigenvalue weighted by molar-refractivity contribution is 0.0971. The second-order valence-electron chi connectivity index (χ2n) is 5.29. The highest BCUT2D eigenvalue weighted by molar-refractivity contribution is 7.87. The van der Waals surface area contributed by atoms with E-state index in [9.17, 15) is 13.2 Å². The molecule has 0 unspecified atom stereocenters. The number of aromatic nitrogens is 1. The van der Waals surface area contributed by atoms with Crippen LogP contribution >= 0.6 is 0 Å². The first-order valence-electron chi connectivity index (χ1n) is 6.98. The summed E-state index contributed by atoms with van der Waals surface area (Å²) in [5.41, 5.74) is 2.44. The van der Waals surface area contributed by atoms with Gasteiger partial charge in [0.2, 0.25) is 0 Å². The van der Waals surface area contributed by atoms with Crippen LogP contribution in [0.3, 0.4) is 0 Å². The number of nitrogens with zero attached hydrogens (tertiary/aromatic N) is 2. The van der Waals surface area contributed by atoms with Crippen LogP contribution in [0, 0.1) is 0 Å². The Hall–Kier alpha value is -2.12. The van der Waals surface area contributed by atoms with Gasteiger partial charge < -0.3 is 4.57 Å². The number of aryl methyl sites for hydroxylation is 1. The minimum atomic E-state index is -3.85.